The molecule has 3 aromatic rings. The van der Waals surface area contributed by atoms with Crippen molar-refractivity contribution in [3.05, 3.63) is 89.4 Å². The molecule has 2 N–H and O–H groups in total. The highest BCUT2D eigenvalue weighted by Gasteiger charge is 2.35. The van der Waals surface area contributed by atoms with Crippen LogP contribution < -0.4 is 10.2 Å². The lowest BCUT2D eigenvalue weighted by molar-refractivity contribution is -0.137. The largest absolute Gasteiger partial charge is 0.461 e. The van der Waals surface area contributed by atoms with Gasteiger partial charge in [0.25, 0.3) is 5.91 Å². The summed E-state index contributed by atoms with van der Waals surface area (Å²) < 4.78 is 44.7. The van der Waals surface area contributed by atoms with Gasteiger partial charge in [-0.05, 0) is 48.6 Å². The van der Waals surface area contributed by atoms with Crippen LogP contribution in [0.15, 0.2) is 76.3 Å². The van der Waals surface area contributed by atoms with Crippen molar-refractivity contribution < 1.29 is 32.3 Å². The van der Waals surface area contributed by atoms with Gasteiger partial charge in [0, 0.05) is 31.1 Å². The molecule has 1 unspecified atom stereocenters. The quantitative estimate of drug-likeness (QED) is 0.342. The van der Waals surface area contributed by atoms with E-state index in [1.807, 2.05) is 0 Å². The number of ketones is 1. The van der Waals surface area contributed by atoms with E-state index >= 15 is 0 Å². The molecule has 0 bridgehead atoms. The SMILES string of the molecule is CN1C(=O)C(NC[C@@H](CC2CC2)[C@@H](O)CC(=O)c2ccco2)N=C(c2ccc(C(F)(F)F)cc2)c2ccccc21. The first kappa shape index (κ1) is 27.8. The fraction of sp³-hybridized carbons (Fsp3) is 0.367. The number of Topliss-reactive ketones (excluding diaryl/α,β-unsaturated/α-hetero) is 1. The number of fused-ring (bicyclic) bond motifs is 1. The molecule has 2 heterocycles. The number of benzene rings is 2. The van der Waals surface area contributed by atoms with E-state index in [2.05, 4.69) is 5.32 Å². The zero-order valence-electron chi connectivity index (χ0n) is 21.9. The van der Waals surface area contributed by atoms with Gasteiger partial charge in [0.05, 0.1) is 29.3 Å². The normalized spacial score (nSPS) is 19.0. The number of hydrogen-bond donors (Lipinski definition) is 2. The first-order valence-corrected chi connectivity index (χ1v) is 13.2. The molecule has 1 amide bonds. The molecule has 0 spiro atoms. The second kappa shape index (κ2) is 11.4. The number of carbonyl (C=O) groups excluding carboxylic acids is 2. The molecule has 0 radical (unpaired) electrons. The zero-order valence-corrected chi connectivity index (χ0v) is 21.9. The van der Waals surface area contributed by atoms with Crippen LogP contribution in [0.1, 0.15) is 52.9 Å². The maximum Gasteiger partial charge on any atom is 0.416 e. The van der Waals surface area contributed by atoms with Crippen LogP contribution in [0.5, 0.6) is 0 Å². The molecule has 7 nitrogen and oxygen atoms in total. The smallest absolute Gasteiger partial charge is 0.416 e. The predicted octanol–water partition coefficient (Wildman–Crippen LogP) is 5.08. The summed E-state index contributed by atoms with van der Waals surface area (Å²) in [6.45, 7) is 0.216. The lowest BCUT2D eigenvalue weighted by atomic mass is 9.92. The summed E-state index contributed by atoms with van der Waals surface area (Å²) in [6, 6.07) is 15.0. The Balaban J connectivity index is 1.41. The molecule has 1 aliphatic carbocycles. The second-order valence-corrected chi connectivity index (χ2v) is 10.4. The van der Waals surface area contributed by atoms with E-state index < -0.39 is 24.0 Å². The minimum atomic E-state index is -4.47. The molecule has 5 rings (SSSR count). The number of aliphatic hydroxyl groups is 1. The van der Waals surface area contributed by atoms with Crippen molar-refractivity contribution in [3.8, 4) is 0 Å². The van der Waals surface area contributed by atoms with E-state index in [1.54, 1.807) is 43.4 Å². The van der Waals surface area contributed by atoms with Crippen molar-refractivity contribution in [2.45, 2.75) is 44.1 Å². The summed E-state index contributed by atoms with van der Waals surface area (Å²) in [5.74, 6) is -0.341. The van der Waals surface area contributed by atoms with Gasteiger partial charge >= 0.3 is 6.18 Å². The average Bonchev–Trinajstić information content (AvgIpc) is 3.60. The molecule has 3 atom stereocenters. The number of amides is 1. The van der Waals surface area contributed by atoms with Crippen LogP contribution in [0.4, 0.5) is 18.9 Å². The van der Waals surface area contributed by atoms with Gasteiger partial charge in [-0.25, -0.2) is 0 Å². The van der Waals surface area contributed by atoms with Crippen molar-refractivity contribution in [1.29, 1.82) is 0 Å². The summed E-state index contributed by atoms with van der Waals surface area (Å²) >= 11 is 0. The fourth-order valence-electron chi connectivity index (χ4n) is 5.02. The number of furan rings is 1. The van der Waals surface area contributed by atoms with Gasteiger partial charge in [-0.2, -0.15) is 13.2 Å². The molecule has 2 aromatic carbocycles. The number of alkyl halides is 3. The van der Waals surface area contributed by atoms with Crippen molar-refractivity contribution in [1.82, 2.24) is 5.32 Å². The molecule has 40 heavy (non-hydrogen) atoms. The highest BCUT2D eigenvalue weighted by Crippen LogP contribution is 2.37. The number of anilines is 1. The number of halogens is 3. The fourth-order valence-corrected chi connectivity index (χ4v) is 5.02. The highest BCUT2D eigenvalue weighted by atomic mass is 19.4. The van der Waals surface area contributed by atoms with Gasteiger partial charge in [-0.15, -0.1) is 0 Å². The number of aliphatic hydroxyl groups excluding tert-OH is 1. The number of benzodiazepines with no additional fused rings is 1. The summed E-state index contributed by atoms with van der Waals surface area (Å²) in [6.07, 6.45) is -2.41. The molecule has 2 aliphatic rings. The molecule has 0 saturated heterocycles. The number of para-hydroxylation sites is 1. The van der Waals surface area contributed by atoms with E-state index in [9.17, 15) is 27.9 Å². The number of likely N-dealkylation sites (N-methyl/N-ethyl adjacent to an activating group) is 1. The molecule has 1 aromatic heterocycles. The van der Waals surface area contributed by atoms with Gasteiger partial charge in [0.1, 0.15) is 0 Å². The van der Waals surface area contributed by atoms with Crippen LogP contribution in [0, 0.1) is 11.8 Å². The Kier molecular flexibility index (Phi) is 7.91. The lowest BCUT2D eigenvalue weighted by Crippen LogP contribution is -2.46. The molecular weight excluding hydrogens is 523 g/mol. The molecule has 210 valence electrons. The molecule has 1 aliphatic heterocycles. The maximum atomic E-state index is 13.5. The van der Waals surface area contributed by atoms with Crippen LogP contribution in [-0.4, -0.2) is 48.4 Å². The van der Waals surface area contributed by atoms with Crippen molar-refractivity contribution in [2.75, 3.05) is 18.5 Å². The van der Waals surface area contributed by atoms with E-state index in [-0.39, 0.29) is 36.3 Å². The lowest BCUT2D eigenvalue weighted by Gasteiger charge is -2.26. The van der Waals surface area contributed by atoms with E-state index in [4.69, 9.17) is 9.41 Å². The highest BCUT2D eigenvalue weighted by molar-refractivity contribution is 6.20. The third-order valence-electron chi connectivity index (χ3n) is 7.47. The number of nitrogens with zero attached hydrogens (tertiary/aromatic N) is 2. The van der Waals surface area contributed by atoms with Gasteiger partial charge < -0.3 is 14.4 Å². The molecule has 1 fully saturated rings. The zero-order chi connectivity index (χ0) is 28.4. The van der Waals surface area contributed by atoms with Crippen molar-refractivity contribution in [3.63, 3.8) is 0 Å². The molecular formula is C30H30F3N3O4. The first-order chi connectivity index (χ1) is 19.1. The number of nitrogens with one attached hydrogen (secondary N) is 1. The Hall–Kier alpha value is -3.76. The van der Waals surface area contributed by atoms with Crippen LogP contribution in [0.2, 0.25) is 0 Å². The number of hydrogen-bond acceptors (Lipinski definition) is 6. The predicted molar refractivity (Wildman–Crippen MR) is 143 cm³/mol. The molecule has 1 saturated carbocycles. The topological polar surface area (TPSA) is 95.1 Å². The Labute approximate surface area is 229 Å². The Morgan fingerprint density at radius 1 is 1.12 bits per heavy atom. The summed E-state index contributed by atoms with van der Waals surface area (Å²) in [7, 11) is 1.62. The van der Waals surface area contributed by atoms with Crippen molar-refractivity contribution >= 4 is 23.1 Å². The number of rotatable bonds is 10. The third kappa shape index (κ3) is 6.18. The van der Waals surface area contributed by atoms with Crippen LogP contribution >= 0.6 is 0 Å². The average molecular weight is 554 g/mol. The van der Waals surface area contributed by atoms with Crippen LogP contribution in [0.3, 0.4) is 0 Å². The van der Waals surface area contributed by atoms with Gasteiger partial charge in [-0.1, -0.05) is 43.2 Å². The third-order valence-corrected chi connectivity index (χ3v) is 7.47. The summed E-state index contributed by atoms with van der Waals surface area (Å²) in [4.78, 5) is 32.2. The van der Waals surface area contributed by atoms with Gasteiger partial charge in [0.15, 0.2) is 11.9 Å². The summed E-state index contributed by atoms with van der Waals surface area (Å²) in [5.41, 5.74) is 1.23. The van der Waals surface area contributed by atoms with E-state index in [1.165, 1.54) is 23.3 Å². The standard InChI is InChI=1S/C30H30F3N3O4/c1-36-23-6-3-2-5-22(23)27(19-10-12-21(13-11-19)30(31,32)33)35-28(29(36)39)34-17-20(15-18-8-9-18)24(37)16-25(38)26-7-4-14-40-26/h2-7,10-14,18,20,24,28,34,37H,8-9,15-17H2,1H3/t20-,24+,28?/m1/s1. The van der Waals surface area contributed by atoms with E-state index in [0.717, 1.165) is 25.0 Å². The summed E-state index contributed by atoms with van der Waals surface area (Å²) in [5, 5.41) is 14.2. The van der Waals surface area contributed by atoms with Crippen molar-refractivity contribution in [2.24, 2.45) is 16.8 Å². The Morgan fingerprint density at radius 2 is 1.85 bits per heavy atom. The number of carbonyl (C=O) groups is 2. The maximum absolute atomic E-state index is 13.5. The second-order valence-electron chi connectivity index (χ2n) is 10.4. The van der Waals surface area contributed by atoms with E-state index in [0.29, 0.717) is 34.9 Å². The monoisotopic (exact) mass is 553 g/mol. The Bertz CT molecular complexity index is 1380. The first-order valence-electron chi connectivity index (χ1n) is 13.2. The van der Waals surface area contributed by atoms with Crippen LogP contribution in [0.25, 0.3) is 0 Å². The van der Waals surface area contributed by atoms with Gasteiger partial charge in [-0.3, -0.25) is 19.9 Å². The number of aliphatic imine (C=N–C) groups is 1. The van der Waals surface area contributed by atoms with Gasteiger partial charge in [0.2, 0.25) is 5.78 Å². The van der Waals surface area contributed by atoms with Crippen LogP contribution in [-0.2, 0) is 11.0 Å². The minimum Gasteiger partial charge on any atom is -0.461 e. The molecule has 10 heteroatoms. The minimum absolute atomic E-state index is 0.114. The Morgan fingerprint density at radius 3 is 2.50 bits per heavy atom.